The summed E-state index contributed by atoms with van der Waals surface area (Å²) >= 11 is 0. The molecule has 0 spiro atoms. The maximum absolute atomic E-state index is 6.52. The van der Waals surface area contributed by atoms with Crippen molar-refractivity contribution in [2.45, 2.75) is 64.2 Å². The lowest BCUT2D eigenvalue weighted by Gasteiger charge is -2.08. The topological polar surface area (TPSA) is 44.7 Å². The molecular formula is C40H40O4. The van der Waals surface area contributed by atoms with Crippen LogP contribution in [0.4, 0.5) is 0 Å². The Balaban J connectivity index is 1.13. The van der Waals surface area contributed by atoms with Gasteiger partial charge in [0.1, 0.15) is 34.2 Å². The highest BCUT2D eigenvalue weighted by atomic mass is 16.5. The summed E-state index contributed by atoms with van der Waals surface area (Å²) in [6.07, 6.45) is 10.5. The van der Waals surface area contributed by atoms with Gasteiger partial charge >= 0.3 is 0 Å². The molecule has 0 saturated heterocycles. The van der Waals surface area contributed by atoms with E-state index in [1.54, 1.807) is 0 Å². The number of aryl methyl sites for hydroxylation is 2. The van der Waals surface area contributed by atoms with Gasteiger partial charge in [-0.1, -0.05) is 73.5 Å². The van der Waals surface area contributed by atoms with E-state index in [0.717, 1.165) is 109 Å². The summed E-state index contributed by atoms with van der Waals surface area (Å²) in [5, 5.41) is 2.32. The molecule has 6 bridgehead atoms. The van der Waals surface area contributed by atoms with Crippen LogP contribution in [0.3, 0.4) is 0 Å². The smallest absolute Gasteiger partial charge is 0.138 e. The van der Waals surface area contributed by atoms with Crippen LogP contribution in [-0.2, 0) is 12.8 Å². The van der Waals surface area contributed by atoms with Gasteiger partial charge in [-0.05, 0) is 73.9 Å². The molecule has 0 radical (unpaired) electrons. The molecule has 0 unspecified atom stereocenters. The maximum atomic E-state index is 6.52. The van der Waals surface area contributed by atoms with Crippen LogP contribution < -0.4 is 9.47 Å². The Morgan fingerprint density at radius 1 is 0.409 bits per heavy atom. The van der Waals surface area contributed by atoms with Crippen LogP contribution in [0.2, 0.25) is 0 Å². The number of hydrogen-bond donors (Lipinski definition) is 0. The van der Waals surface area contributed by atoms with Crippen LogP contribution in [0.15, 0.2) is 106 Å². The number of benzene rings is 4. The SMILES string of the molecule is c1ccc(-c2c3oc4cc(ccc24)OCCCCCCOc2ccc4c(-c5ccccc5)c(oc4c2)CCCCCC3)cc1. The van der Waals surface area contributed by atoms with E-state index >= 15 is 0 Å². The van der Waals surface area contributed by atoms with E-state index in [1.807, 2.05) is 0 Å². The summed E-state index contributed by atoms with van der Waals surface area (Å²) < 4.78 is 25.3. The van der Waals surface area contributed by atoms with Gasteiger partial charge in [0, 0.05) is 46.9 Å². The lowest BCUT2D eigenvalue weighted by molar-refractivity contribution is 0.287. The quantitative estimate of drug-likeness (QED) is 0.203. The third-order valence-electron chi connectivity index (χ3n) is 8.73. The van der Waals surface area contributed by atoms with E-state index in [-0.39, 0.29) is 0 Å². The molecule has 4 nitrogen and oxygen atoms in total. The van der Waals surface area contributed by atoms with Gasteiger partial charge in [-0.2, -0.15) is 0 Å². The predicted molar refractivity (Wildman–Crippen MR) is 179 cm³/mol. The first-order valence-electron chi connectivity index (χ1n) is 16.3. The normalized spacial score (nSPS) is 15.5. The molecule has 0 aliphatic carbocycles. The van der Waals surface area contributed by atoms with Crippen LogP contribution >= 0.6 is 0 Å². The highest BCUT2D eigenvalue weighted by Gasteiger charge is 2.18. The van der Waals surface area contributed by atoms with E-state index in [0.29, 0.717) is 13.2 Å². The number of hydrogen-bond acceptors (Lipinski definition) is 4. The van der Waals surface area contributed by atoms with Gasteiger partial charge < -0.3 is 18.3 Å². The molecule has 0 atom stereocenters. The molecule has 0 fully saturated rings. The molecule has 224 valence electrons. The Kier molecular flexibility index (Phi) is 8.67. The molecule has 3 heterocycles. The summed E-state index contributed by atoms with van der Waals surface area (Å²) in [7, 11) is 0. The van der Waals surface area contributed by atoms with Gasteiger partial charge in [0.25, 0.3) is 0 Å². The van der Waals surface area contributed by atoms with E-state index in [9.17, 15) is 0 Å². The zero-order valence-corrected chi connectivity index (χ0v) is 25.4. The van der Waals surface area contributed by atoms with E-state index in [4.69, 9.17) is 18.3 Å². The van der Waals surface area contributed by atoms with Crippen molar-refractivity contribution in [2.24, 2.45) is 0 Å². The largest absolute Gasteiger partial charge is 0.493 e. The van der Waals surface area contributed by atoms with Gasteiger partial charge in [0.05, 0.1) is 13.2 Å². The molecule has 7 rings (SSSR count). The fourth-order valence-corrected chi connectivity index (χ4v) is 6.49. The second kappa shape index (κ2) is 13.5. The molecule has 4 heteroatoms. The Labute approximate surface area is 259 Å². The van der Waals surface area contributed by atoms with Crippen LogP contribution in [-0.4, -0.2) is 13.2 Å². The van der Waals surface area contributed by atoms with Crippen molar-refractivity contribution in [2.75, 3.05) is 13.2 Å². The molecule has 0 amide bonds. The molecule has 44 heavy (non-hydrogen) atoms. The first kappa shape index (κ1) is 28.3. The maximum Gasteiger partial charge on any atom is 0.138 e. The molecular weight excluding hydrogens is 544 g/mol. The van der Waals surface area contributed by atoms with Crippen molar-refractivity contribution < 1.29 is 18.3 Å². The minimum atomic E-state index is 0.701. The van der Waals surface area contributed by atoms with Crippen molar-refractivity contribution in [1.82, 2.24) is 0 Å². The summed E-state index contributed by atoms with van der Waals surface area (Å²) in [5.41, 5.74) is 6.66. The molecule has 0 saturated carbocycles. The highest BCUT2D eigenvalue weighted by Crippen LogP contribution is 2.39. The highest BCUT2D eigenvalue weighted by molar-refractivity contribution is 5.97. The minimum absolute atomic E-state index is 0.701. The van der Waals surface area contributed by atoms with Crippen LogP contribution in [0.5, 0.6) is 11.5 Å². The van der Waals surface area contributed by atoms with Crippen molar-refractivity contribution >= 4 is 21.9 Å². The molecule has 1 aliphatic rings. The van der Waals surface area contributed by atoms with E-state index < -0.39 is 0 Å². The molecule has 2 aromatic heterocycles. The van der Waals surface area contributed by atoms with Crippen molar-refractivity contribution in [3.05, 3.63) is 109 Å². The van der Waals surface area contributed by atoms with E-state index in [1.165, 1.54) is 22.3 Å². The van der Waals surface area contributed by atoms with Crippen molar-refractivity contribution in [3.8, 4) is 33.8 Å². The summed E-state index contributed by atoms with van der Waals surface area (Å²) in [6.45, 7) is 1.40. The van der Waals surface area contributed by atoms with Crippen molar-refractivity contribution in [3.63, 3.8) is 0 Å². The lowest BCUT2D eigenvalue weighted by atomic mass is 9.98. The predicted octanol–water partition coefficient (Wildman–Crippen LogP) is 11.2. The Bertz CT molecular complexity index is 1680. The second-order valence-electron chi connectivity index (χ2n) is 11.9. The summed E-state index contributed by atoms with van der Waals surface area (Å²) in [6, 6.07) is 33.9. The molecule has 6 aromatic rings. The van der Waals surface area contributed by atoms with Gasteiger partial charge in [-0.3, -0.25) is 0 Å². The number of fused-ring (bicyclic) bond motifs is 4. The lowest BCUT2D eigenvalue weighted by Crippen LogP contribution is -1.99. The molecule has 1 aliphatic heterocycles. The molecule has 4 aromatic carbocycles. The number of rotatable bonds is 2. The van der Waals surface area contributed by atoms with Gasteiger partial charge in [0.2, 0.25) is 0 Å². The third kappa shape index (κ3) is 6.26. The van der Waals surface area contributed by atoms with Gasteiger partial charge in [0.15, 0.2) is 0 Å². The van der Waals surface area contributed by atoms with Gasteiger partial charge in [-0.15, -0.1) is 0 Å². The Morgan fingerprint density at radius 2 is 0.841 bits per heavy atom. The zero-order valence-electron chi connectivity index (χ0n) is 25.4. The average molecular weight is 585 g/mol. The minimum Gasteiger partial charge on any atom is -0.493 e. The van der Waals surface area contributed by atoms with E-state index in [2.05, 4.69) is 97.1 Å². The number of ether oxygens (including phenoxy) is 2. The standard InChI is InChI=1S/C40H40O4/c1-2-12-20-36-40(30-17-9-6-10-18-30)34-24-22-32(28-38(34)44-36)42-26-14-4-3-13-25-41-31-21-23-33-37(27-31)43-35(19-11-1)39(33)29-15-7-5-8-16-29/h5-10,15-18,21-24,27-28H,1-4,11-14,19-20,25-26H2. The summed E-state index contributed by atoms with van der Waals surface area (Å²) in [5.74, 6) is 3.89. The first-order valence-corrected chi connectivity index (χ1v) is 16.3. The van der Waals surface area contributed by atoms with Crippen LogP contribution in [0.1, 0.15) is 62.9 Å². The second-order valence-corrected chi connectivity index (χ2v) is 11.9. The van der Waals surface area contributed by atoms with Gasteiger partial charge in [-0.25, -0.2) is 0 Å². The fraction of sp³-hybridized carbons (Fsp3) is 0.300. The zero-order chi connectivity index (χ0) is 29.6. The summed E-state index contributed by atoms with van der Waals surface area (Å²) in [4.78, 5) is 0. The van der Waals surface area contributed by atoms with Crippen molar-refractivity contribution in [1.29, 1.82) is 0 Å². The average Bonchev–Trinajstić information content (AvgIpc) is 3.61. The fourth-order valence-electron chi connectivity index (χ4n) is 6.49. The number of furan rings is 2. The first-order chi connectivity index (χ1) is 21.8. The monoisotopic (exact) mass is 584 g/mol. The van der Waals surface area contributed by atoms with Crippen LogP contribution in [0, 0.1) is 0 Å². The molecule has 0 N–H and O–H groups in total. The third-order valence-corrected chi connectivity index (χ3v) is 8.73. The Hall–Kier alpha value is -4.44. The Morgan fingerprint density at radius 3 is 1.30 bits per heavy atom. The van der Waals surface area contributed by atoms with Crippen LogP contribution in [0.25, 0.3) is 44.2 Å².